The number of nitro groups is 1. The maximum absolute atomic E-state index is 14.0. The van der Waals surface area contributed by atoms with E-state index >= 15 is 0 Å². The fourth-order valence-electron chi connectivity index (χ4n) is 8.50. The number of piperazine rings is 1. The number of halogens is 4. The van der Waals surface area contributed by atoms with E-state index in [4.69, 9.17) is 25.8 Å². The summed E-state index contributed by atoms with van der Waals surface area (Å²) >= 11 is 6.53. The van der Waals surface area contributed by atoms with E-state index in [9.17, 15) is 36.5 Å². The number of anilines is 2. The van der Waals surface area contributed by atoms with Gasteiger partial charge in [-0.1, -0.05) is 37.1 Å². The molecule has 4 heterocycles. The summed E-state index contributed by atoms with van der Waals surface area (Å²) in [6.07, 6.45) is 0.794. The topological polar surface area (TPSA) is 169 Å². The van der Waals surface area contributed by atoms with Gasteiger partial charge < -0.3 is 29.4 Å². The number of nitrogens with one attached hydrogen (secondary N) is 2. The van der Waals surface area contributed by atoms with E-state index in [-0.39, 0.29) is 45.0 Å². The van der Waals surface area contributed by atoms with Crippen molar-refractivity contribution in [3.05, 3.63) is 117 Å². The number of nitro benzene ring substituents is 1. The Morgan fingerprint density at radius 2 is 1.86 bits per heavy atom. The zero-order valence-corrected chi connectivity index (χ0v) is 37.3. The minimum atomic E-state index is -4.50. The van der Waals surface area contributed by atoms with E-state index in [0.717, 1.165) is 53.3 Å². The minimum Gasteiger partial charge on any atom is -0.455 e. The third kappa shape index (κ3) is 10.8. The van der Waals surface area contributed by atoms with Crippen LogP contribution in [0.5, 0.6) is 11.5 Å². The van der Waals surface area contributed by atoms with Crippen molar-refractivity contribution in [1.82, 2.24) is 14.9 Å². The van der Waals surface area contributed by atoms with Crippen LogP contribution >= 0.6 is 11.6 Å². The Kier molecular flexibility index (Phi) is 13.3. The average Bonchev–Trinajstić information content (AvgIpc) is 3.74. The Hall–Kier alpha value is -5.53. The molecule has 1 aliphatic carbocycles. The molecule has 2 aromatic heterocycles. The lowest BCUT2D eigenvalue weighted by molar-refractivity contribution is -0.384. The molecule has 2 aliphatic heterocycles. The molecule has 3 aromatic carbocycles. The molecule has 0 saturated carbocycles. The molecule has 14 nitrogen and oxygen atoms in total. The molecule has 0 spiro atoms. The molecule has 19 heteroatoms. The molecule has 2 fully saturated rings. The molecule has 0 bridgehead atoms. The molecule has 2 saturated heterocycles. The number of carbonyl (C=O) groups excluding carboxylic acids is 1. The number of fused-ring (bicyclic) bond motifs is 1. The molecule has 344 valence electrons. The number of sulfone groups is 1. The molecule has 1 atom stereocenters. The van der Waals surface area contributed by atoms with E-state index in [0.29, 0.717) is 75.9 Å². The van der Waals surface area contributed by atoms with Gasteiger partial charge in [-0.25, -0.2) is 13.4 Å². The third-order valence-electron chi connectivity index (χ3n) is 12.1. The molecule has 0 radical (unpaired) electrons. The SMILES string of the molecule is CC1(C)CCC(CN2CCN(c3ccc(C(=O)CS(=O)(=O)c4ccc(NC[C@H]5COCCO5)c([N+](=O)[O-])c4)c(Oc4cnc5[nH]ccc5c4)c3)CC2)=C(c2ccc(C(F)(F)F)cc2Cl)C1. The van der Waals surface area contributed by atoms with Gasteiger partial charge in [-0.3, -0.25) is 19.8 Å². The van der Waals surface area contributed by atoms with E-state index < -0.39 is 43.7 Å². The minimum absolute atomic E-state index is 0.00534. The number of aromatic amines is 1. The van der Waals surface area contributed by atoms with Gasteiger partial charge in [-0.05, 0) is 84.3 Å². The zero-order valence-electron chi connectivity index (χ0n) is 35.8. The summed E-state index contributed by atoms with van der Waals surface area (Å²) in [6.45, 7) is 8.81. The Morgan fingerprint density at radius 3 is 2.58 bits per heavy atom. The van der Waals surface area contributed by atoms with Gasteiger partial charge in [0, 0.05) is 73.7 Å². The van der Waals surface area contributed by atoms with Crippen molar-refractivity contribution in [3.63, 3.8) is 0 Å². The number of H-pyrrole nitrogens is 1. The lowest BCUT2D eigenvalue weighted by Crippen LogP contribution is -2.47. The van der Waals surface area contributed by atoms with E-state index in [1.807, 2.05) is 6.07 Å². The summed E-state index contributed by atoms with van der Waals surface area (Å²) < 4.78 is 85.3. The summed E-state index contributed by atoms with van der Waals surface area (Å²) in [6, 6.07) is 15.6. The molecule has 0 unspecified atom stereocenters. The highest BCUT2D eigenvalue weighted by Crippen LogP contribution is 2.46. The van der Waals surface area contributed by atoms with Crippen LogP contribution in [0.2, 0.25) is 5.02 Å². The van der Waals surface area contributed by atoms with E-state index in [1.54, 1.807) is 24.4 Å². The van der Waals surface area contributed by atoms with Crippen molar-refractivity contribution in [2.24, 2.45) is 5.41 Å². The van der Waals surface area contributed by atoms with Gasteiger partial charge in [0.05, 0.1) is 53.1 Å². The number of hydrogen-bond donors (Lipinski definition) is 2. The van der Waals surface area contributed by atoms with Gasteiger partial charge in [0.2, 0.25) is 0 Å². The number of carbonyl (C=O) groups is 1. The molecule has 0 amide bonds. The van der Waals surface area contributed by atoms with Gasteiger partial charge in [0.1, 0.15) is 28.6 Å². The van der Waals surface area contributed by atoms with E-state index in [1.165, 1.54) is 30.5 Å². The Morgan fingerprint density at radius 1 is 1.06 bits per heavy atom. The van der Waals surface area contributed by atoms with Gasteiger partial charge in [0.15, 0.2) is 15.6 Å². The monoisotopic (exact) mass is 936 g/mol. The fourth-order valence-corrected chi connectivity index (χ4v) is 10.0. The second-order valence-electron chi connectivity index (χ2n) is 17.3. The maximum Gasteiger partial charge on any atom is 0.416 e. The first-order chi connectivity index (χ1) is 30.9. The standard InChI is InChI=1S/C46H48ClF3N6O8S/c1-45(2)11-9-30(38(23-45)36-6-3-31(20-39(36)47)46(48,49)50)26-54-13-15-55(16-14-54)32-4-7-37(43(21-32)64-33-19-29-10-12-51-44(29)53-24-33)42(57)28-65(60,61)35-5-8-40(41(22-35)56(58)59)52-25-34-27-62-17-18-63-34/h3-8,10,12,19-22,24,34,52H,9,11,13-18,23,25-28H2,1-2H3,(H,51,53)/t34-/m0/s1. The first-order valence-corrected chi connectivity index (χ1v) is 23.2. The highest BCUT2D eigenvalue weighted by molar-refractivity contribution is 7.92. The Labute approximate surface area is 378 Å². The molecule has 2 N–H and O–H groups in total. The van der Waals surface area contributed by atoms with Crippen molar-refractivity contribution >= 4 is 60.9 Å². The van der Waals surface area contributed by atoms with Crippen LogP contribution in [-0.4, -0.2) is 105 Å². The maximum atomic E-state index is 14.0. The number of Topliss-reactive ketones (excluding diaryl/α,β-unsaturated/α-hetero) is 1. The third-order valence-corrected chi connectivity index (χ3v) is 14.0. The average molecular weight is 937 g/mol. The number of hydrogen-bond acceptors (Lipinski definition) is 12. The second kappa shape index (κ2) is 18.8. The van der Waals surface area contributed by atoms with Crippen LogP contribution in [-0.2, 0) is 25.5 Å². The summed E-state index contributed by atoms with van der Waals surface area (Å²) in [5.41, 5.74) is 2.92. The number of ether oxygens (including phenoxy) is 3. The normalized spacial score (nSPS) is 18.5. The molecule has 65 heavy (non-hydrogen) atoms. The smallest absolute Gasteiger partial charge is 0.416 e. The van der Waals surface area contributed by atoms with Crippen LogP contribution in [0.15, 0.2) is 89.6 Å². The van der Waals surface area contributed by atoms with Crippen LogP contribution in [0.25, 0.3) is 16.6 Å². The zero-order chi connectivity index (χ0) is 46.1. The number of pyridine rings is 1. The molecular weight excluding hydrogens is 889 g/mol. The van der Waals surface area contributed by atoms with Crippen molar-refractivity contribution in [2.75, 3.05) is 75.1 Å². The van der Waals surface area contributed by atoms with Crippen LogP contribution in [0.1, 0.15) is 54.6 Å². The van der Waals surface area contributed by atoms with Crippen molar-refractivity contribution in [1.29, 1.82) is 0 Å². The van der Waals surface area contributed by atoms with Gasteiger partial charge in [-0.15, -0.1) is 0 Å². The molecular formula is C46H48ClF3N6O8S. The Balaban J connectivity index is 1.01. The number of aromatic nitrogens is 2. The quantitative estimate of drug-likeness (QED) is 0.0616. The first kappa shape index (κ1) is 46.0. The lowest BCUT2D eigenvalue weighted by Gasteiger charge is -2.39. The largest absolute Gasteiger partial charge is 0.455 e. The highest BCUT2D eigenvalue weighted by atomic mass is 35.5. The summed E-state index contributed by atoms with van der Waals surface area (Å²) in [5.74, 6) is -1.35. The van der Waals surface area contributed by atoms with Crippen LogP contribution in [0.4, 0.5) is 30.2 Å². The van der Waals surface area contributed by atoms with Crippen molar-refractivity contribution < 1.29 is 45.5 Å². The first-order valence-electron chi connectivity index (χ1n) is 21.2. The van der Waals surface area contributed by atoms with Crippen LogP contribution < -0.4 is 15.0 Å². The van der Waals surface area contributed by atoms with Crippen molar-refractivity contribution in [3.8, 4) is 11.5 Å². The predicted molar refractivity (Wildman–Crippen MR) is 241 cm³/mol. The molecule has 8 rings (SSSR count). The van der Waals surface area contributed by atoms with Crippen molar-refractivity contribution in [2.45, 2.75) is 50.3 Å². The summed E-state index contributed by atoms with van der Waals surface area (Å²) in [7, 11) is -4.39. The predicted octanol–water partition coefficient (Wildman–Crippen LogP) is 9.21. The molecule has 5 aromatic rings. The number of nitrogens with zero attached hydrogens (tertiary/aromatic N) is 4. The summed E-state index contributed by atoms with van der Waals surface area (Å²) in [5, 5.41) is 15.8. The number of allylic oxidation sites excluding steroid dienone is 1. The number of benzene rings is 3. The number of alkyl halides is 3. The van der Waals surface area contributed by atoms with Crippen LogP contribution in [0, 0.1) is 15.5 Å². The number of ketones is 1. The second-order valence-corrected chi connectivity index (χ2v) is 19.7. The number of rotatable bonds is 14. The lowest BCUT2D eigenvalue weighted by atomic mass is 9.72. The van der Waals surface area contributed by atoms with Gasteiger partial charge >= 0.3 is 6.18 Å². The fraction of sp³-hybridized carbons (Fsp3) is 0.391. The van der Waals surface area contributed by atoms with Gasteiger partial charge in [0.25, 0.3) is 5.69 Å². The van der Waals surface area contributed by atoms with Gasteiger partial charge in [-0.2, -0.15) is 13.2 Å². The van der Waals surface area contributed by atoms with Crippen LogP contribution in [0.3, 0.4) is 0 Å². The molecule has 3 aliphatic rings. The Bertz CT molecular complexity index is 2750. The van der Waals surface area contributed by atoms with E-state index in [2.05, 4.69) is 38.9 Å². The highest BCUT2D eigenvalue weighted by Gasteiger charge is 2.34. The summed E-state index contributed by atoms with van der Waals surface area (Å²) in [4.78, 5) is 36.9.